The van der Waals surface area contributed by atoms with Gasteiger partial charge < -0.3 is 4.90 Å². The Balaban J connectivity index is 2.67. The first-order valence-electron chi connectivity index (χ1n) is 3.93. The molecule has 0 bridgehead atoms. The SMILES string of the molecule is CN1C(=O)/C(=C\Cl)c2ccccc21. The molecule has 3 heteroatoms. The van der Waals surface area contributed by atoms with Gasteiger partial charge in [-0.1, -0.05) is 29.8 Å². The van der Waals surface area contributed by atoms with E-state index in [0.29, 0.717) is 5.57 Å². The van der Waals surface area contributed by atoms with Gasteiger partial charge in [0.2, 0.25) is 0 Å². The lowest BCUT2D eigenvalue weighted by Crippen LogP contribution is -2.20. The molecule has 2 nitrogen and oxygen atoms in total. The standard InChI is InChI=1S/C10H8ClNO/c1-12-9-5-3-2-4-7(9)8(6-11)10(12)13/h2-6H,1H3/b8-6-. The van der Waals surface area contributed by atoms with Crippen molar-refractivity contribution in [2.45, 2.75) is 0 Å². The molecule has 0 aliphatic carbocycles. The molecule has 2 rings (SSSR count). The number of benzene rings is 1. The zero-order valence-corrected chi connectivity index (χ0v) is 7.88. The minimum absolute atomic E-state index is 0.0452. The van der Waals surface area contributed by atoms with Gasteiger partial charge in [-0.25, -0.2) is 0 Å². The third-order valence-electron chi connectivity index (χ3n) is 2.20. The summed E-state index contributed by atoms with van der Waals surface area (Å²) >= 11 is 5.59. The number of carbonyl (C=O) groups is 1. The normalized spacial score (nSPS) is 18.2. The van der Waals surface area contributed by atoms with E-state index in [1.807, 2.05) is 24.3 Å². The van der Waals surface area contributed by atoms with Crippen LogP contribution in [0.2, 0.25) is 0 Å². The summed E-state index contributed by atoms with van der Waals surface area (Å²) in [4.78, 5) is 13.2. The monoisotopic (exact) mass is 193 g/mol. The zero-order valence-electron chi connectivity index (χ0n) is 7.12. The van der Waals surface area contributed by atoms with Crippen LogP contribution < -0.4 is 4.90 Å². The molecule has 0 saturated heterocycles. The summed E-state index contributed by atoms with van der Waals surface area (Å²) in [5, 5.41) is 0. The fraction of sp³-hybridized carbons (Fsp3) is 0.100. The van der Waals surface area contributed by atoms with E-state index in [4.69, 9.17) is 11.6 Å². The summed E-state index contributed by atoms with van der Waals surface area (Å²) in [6.45, 7) is 0. The van der Waals surface area contributed by atoms with E-state index >= 15 is 0 Å². The molecule has 1 aromatic rings. The quantitative estimate of drug-likeness (QED) is 0.579. The predicted molar refractivity (Wildman–Crippen MR) is 53.7 cm³/mol. The van der Waals surface area contributed by atoms with Crippen LogP contribution in [0.4, 0.5) is 5.69 Å². The van der Waals surface area contributed by atoms with Gasteiger partial charge in [-0.15, -0.1) is 0 Å². The highest BCUT2D eigenvalue weighted by molar-refractivity contribution is 6.40. The van der Waals surface area contributed by atoms with Crippen LogP contribution in [0.1, 0.15) is 5.56 Å². The minimum Gasteiger partial charge on any atom is -0.311 e. The second-order valence-electron chi connectivity index (χ2n) is 2.90. The largest absolute Gasteiger partial charge is 0.311 e. The number of hydrogen-bond acceptors (Lipinski definition) is 1. The number of hydrogen-bond donors (Lipinski definition) is 0. The summed E-state index contributed by atoms with van der Waals surface area (Å²) in [7, 11) is 1.74. The van der Waals surface area contributed by atoms with Crippen LogP contribution in [0.15, 0.2) is 29.8 Å². The number of fused-ring (bicyclic) bond motifs is 1. The molecular formula is C10H8ClNO. The average molecular weight is 194 g/mol. The van der Waals surface area contributed by atoms with E-state index in [0.717, 1.165) is 11.3 Å². The Bertz CT molecular complexity index is 398. The van der Waals surface area contributed by atoms with Gasteiger partial charge in [0.15, 0.2) is 0 Å². The smallest absolute Gasteiger partial charge is 0.259 e. The molecule has 0 unspecified atom stereocenters. The van der Waals surface area contributed by atoms with Crippen LogP contribution in [0.5, 0.6) is 0 Å². The Hall–Kier alpha value is -1.28. The number of anilines is 1. The van der Waals surface area contributed by atoms with Gasteiger partial charge >= 0.3 is 0 Å². The number of likely N-dealkylation sites (N-methyl/N-ethyl adjacent to an activating group) is 1. The van der Waals surface area contributed by atoms with Gasteiger partial charge in [-0.05, 0) is 6.07 Å². The van der Waals surface area contributed by atoms with Crippen LogP contribution in [-0.2, 0) is 4.79 Å². The van der Waals surface area contributed by atoms with Crippen LogP contribution in [0.25, 0.3) is 5.57 Å². The van der Waals surface area contributed by atoms with Crippen LogP contribution in [0.3, 0.4) is 0 Å². The summed E-state index contributed by atoms with van der Waals surface area (Å²) in [6.07, 6.45) is 0. The average Bonchev–Trinajstić information content (AvgIpc) is 2.41. The molecule has 1 aliphatic heterocycles. The fourth-order valence-corrected chi connectivity index (χ4v) is 1.72. The molecule has 0 N–H and O–H groups in total. The molecule has 1 amide bonds. The maximum Gasteiger partial charge on any atom is 0.259 e. The fourth-order valence-electron chi connectivity index (χ4n) is 1.50. The molecule has 66 valence electrons. The van der Waals surface area contributed by atoms with Gasteiger partial charge in [-0.2, -0.15) is 0 Å². The van der Waals surface area contributed by atoms with Crippen molar-refractivity contribution in [3.63, 3.8) is 0 Å². The first kappa shape index (κ1) is 8.32. The predicted octanol–water partition coefficient (Wildman–Crippen LogP) is 2.24. The summed E-state index contributed by atoms with van der Waals surface area (Å²) in [5.74, 6) is -0.0452. The Morgan fingerprint density at radius 2 is 2.08 bits per heavy atom. The molecule has 0 saturated carbocycles. The van der Waals surface area contributed by atoms with Crippen molar-refractivity contribution >= 4 is 28.8 Å². The van der Waals surface area contributed by atoms with Crippen molar-refractivity contribution in [1.82, 2.24) is 0 Å². The van der Waals surface area contributed by atoms with Crippen LogP contribution >= 0.6 is 11.6 Å². The molecule has 0 radical (unpaired) electrons. The molecule has 0 spiro atoms. The Morgan fingerprint density at radius 1 is 1.38 bits per heavy atom. The van der Waals surface area contributed by atoms with E-state index in [1.54, 1.807) is 11.9 Å². The second kappa shape index (κ2) is 2.89. The third-order valence-corrected chi connectivity index (χ3v) is 2.42. The van der Waals surface area contributed by atoms with Crippen molar-refractivity contribution in [2.75, 3.05) is 11.9 Å². The number of nitrogens with zero attached hydrogens (tertiary/aromatic N) is 1. The molecule has 1 aromatic carbocycles. The van der Waals surface area contributed by atoms with E-state index in [2.05, 4.69) is 0 Å². The zero-order chi connectivity index (χ0) is 9.42. The Kier molecular flexibility index (Phi) is 1.85. The molecule has 1 heterocycles. The number of carbonyl (C=O) groups excluding carboxylic acids is 1. The van der Waals surface area contributed by atoms with Crippen molar-refractivity contribution in [1.29, 1.82) is 0 Å². The second-order valence-corrected chi connectivity index (χ2v) is 3.12. The lowest BCUT2D eigenvalue weighted by Gasteiger charge is -2.07. The highest BCUT2D eigenvalue weighted by atomic mass is 35.5. The maximum absolute atomic E-state index is 11.6. The number of halogens is 1. The number of rotatable bonds is 0. The molecule has 0 aromatic heterocycles. The van der Waals surface area contributed by atoms with E-state index < -0.39 is 0 Å². The lowest BCUT2D eigenvalue weighted by molar-refractivity contribution is -0.112. The van der Waals surface area contributed by atoms with Crippen LogP contribution in [-0.4, -0.2) is 13.0 Å². The molecular weight excluding hydrogens is 186 g/mol. The van der Waals surface area contributed by atoms with Crippen LogP contribution in [0, 0.1) is 0 Å². The Morgan fingerprint density at radius 3 is 2.77 bits per heavy atom. The summed E-state index contributed by atoms with van der Waals surface area (Å²) in [6, 6.07) is 7.59. The summed E-state index contributed by atoms with van der Waals surface area (Å²) < 4.78 is 0. The van der Waals surface area contributed by atoms with Gasteiger partial charge in [-0.3, -0.25) is 4.79 Å². The van der Waals surface area contributed by atoms with Gasteiger partial charge in [0, 0.05) is 18.1 Å². The van der Waals surface area contributed by atoms with Gasteiger partial charge in [0.05, 0.1) is 11.3 Å². The highest BCUT2D eigenvalue weighted by Gasteiger charge is 2.28. The van der Waals surface area contributed by atoms with Gasteiger partial charge in [0.1, 0.15) is 0 Å². The first-order chi connectivity index (χ1) is 6.25. The molecule has 0 fully saturated rings. The molecule has 13 heavy (non-hydrogen) atoms. The van der Waals surface area contributed by atoms with Gasteiger partial charge in [0.25, 0.3) is 5.91 Å². The first-order valence-corrected chi connectivity index (χ1v) is 4.37. The van der Waals surface area contributed by atoms with Crippen molar-refractivity contribution in [3.05, 3.63) is 35.4 Å². The Labute approximate surface area is 81.4 Å². The van der Waals surface area contributed by atoms with E-state index in [-0.39, 0.29) is 5.91 Å². The topological polar surface area (TPSA) is 20.3 Å². The third kappa shape index (κ3) is 1.06. The number of para-hydroxylation sites is 1. The summed E-state index contributed by atoms with van der Waals surface area (Å²) in [5.41, 5.74) is 3.73. The lowest BCUT2D eigenvalue weighted by atomic mass is 10.1. The maximum atomic E-state index is 11.6. The minimum atomic E-state index is -0.0452. The number of amides is 1. The molecule has 1 aliphatic rings. The van der Waals surface area contributed by atoms with E-state index in [1.165, 1.54) is 5.54 Å². The van der Waals surface area contributed by atoms with Crippen molar-refractivity contribution < 1.29 is 4.79 Å². The van der Waals surface area contributed by atoms with E-state index in [9.17, 15) is 4.79 Å². The van der Waals surface area contributed by atoms with Crippen molar-refractivity contribution in [2.24, 2.45) is 0 Å². The molecule has 0 atom stereocenters. The van der Waals surface area contributed by atoms with Crippen molar-refractivity contribution in [3.8, 4) is 0 Å². The highest BCUT2D eigenvalue weighted by Crippen LogP contribution is 2.35.